The summed E-state index contributed by atoms with van der Waals surface area (Å²) in [7, 11) is 2.59. The molecule has 2 aliphatic rings. The fraction of sp³-hybridized carbons (Fsp3) is 0.476. The predicted molar refractivity (Wildman–Crippen MR) is 219 cm³/mol. The molecule has 3 aromatic heterocycles. The van der Waals surface area contributed by atoms with Gasteiger partial charge in [0, 0.05) is 17.5 Å². The summed E-state index contributed by atoms with van der Waals surface area (Å²) in [6.07, 6.45) is 1.14. The van der Waals surface area contributed by atoms with Gasteiger partial charge in [-0.2, -0.15) is 0 Å². The molecule has 57 heavy (non-hydrogen) atoms. The van der Waals surface area contributed by atoms with Crippen molar-refractivity contribution in [3.8, 4) is 21.6 Å². The highest BCUT2D eigenvalue weighted by atomic mass is 32.1. The van der Waals surface area contributed by atoms with Crippen LogP contribution >= 0.6 is 11.3 Å². The molecule has 6 atom stereocenters. The zero-order valence-electron chi connectivity index (χ0n) is 33.7. The zero-order chi connectivity index (χ0) is 40.7. The summed E-state index contributed by atoms with van der Waals surface area (Å²) in [6, 6.07) is 14.8. The Morgan fingerprint density at radius 1 is 0.754 bits per heavy atom. The van der Waals surface area contributed by atoms with Gasteiger partial charge in [0.2, 0.25) is 11.8 Å². The molecule has 0 saturated carbocycles. The molecular weight excluding hydrogens is 745 g/mol. The average molecular weight is 797 g/mol. The van der Waals surface area contributed by atoms with Gasteiger partial charge in [-0.15, -0.1) is 11.3 Å². The second-order valence-corrected chi connectivity index (χ2v) is 17.2. The summed E-state index contributed by atoms with van der Waals surface area (Å²) >= 11 is 1.60. The van der Waals surface area contributed by atoms with Crippen LogP contribution in [0.3, 0.4) is 0 Å². The molecule has 0 aliphatic carbocycles. The van der Waals surface area contributed by atoms with E-state index in [4.69, 9.17) is 19.4 Å². The number of likely N-dealkylation sites (tertiary alicyclic amines) is 2. The number of ether oxygens (including phenoxy) is 2. The van der Waals surface area contributed by atoms with Crippen LogP contribution in [-0.2, 0) is 19.1 Å². The second-order valence-electron chi connectivity index (χ2n) is 16.1. The molecule has 0 radical (unpaired) electrons. The molecular formula is C42H52N8O6S. The number of hydrogen-bond acceptors (Lipinski definition) is 9. The number of hydrogen-bond donors (Lipinski definition) is 4. The monoisotopic (exact) mass is 796 g/mol. The molecule has 4 amide bonds. The molecule has 1 unspecified atom stereocenters. The van der Waals surface area contributed by atoms with Gasteiger partial charge in [-0.25, -0.2) is 19.6 Å². The number of nitrogens with one attached hydrogen (secondary N) is 4. The van der Waals surface area contributed by atoms with Gasteiger partial charge in [0.1, 0.15) is 28.6 Å². The Balaban J connectivity index is 1.06. The number of aromatic amines is 2. The second kappa shape index (κ2) is 16.2. The number of nitrogens with zero attached hydrogens (tertiary/aromatic N) is 4. The maximum Gasteiger partial charge on any atom is 0.407 e. The van der Waals surface area contributed by atoms with Gasteiger partial charge in [-0.3, -0.25) is 9.59 Å². The van der Waals surface area contributed by atoms with Gasteiger partial charge in [0.05, 0.1) is 42.9 Å². The van der Waals surface area contributed by atoms with Crippen molar-refractivity contribution in [1.29, 1.82) is 0 Å². The van der Waals surface area contributed by atoms with Crippen molar-refractivity contribution in [3.05, 3.63) is 60.2 Å². The van der Waals surface area contributed by atoms with Crippen molar-refractivity contribution in [2.75, 3.05) is 20.8 Å². The minimum atomic E-state index is -0.706. The highest BCUT2D eigenvalue weighted by Crippen LogP contribution is 2.40. The van der Waals surface area contributed by atoms with E-state index < -0.39 is 24.3 Å². The fourth-order valence-electron chi connectivity index (χ4n) is 8.23. The lowest BCUT2D eigenvalue weighted by atomic mass is 10.0. The molecule has 7 rings (SSSR count). The number of rotatable bonds is 10. The van der Waals surface area contributed by atoms with Crippen molar-refractivity contribution >= 4 is 56.7 Å². The molecule has 4 N–H and O–H groups in total. The number of H-pyrrole nitrogens is 2. The van der Waals surface area contributed by atoms with Crippen LogP contribution in [0.5, 0.6) is 0 Å². The maximum atomic E-state index is 13.8. The third kappa shape index (κ3) is 7.94. The highest BCUT2D eigenvalue weighted by Gasteiger charge is 2.42. The Morgan fingerprint density at radius 2 is 1.35 bits per heavy atom. The van der Waals surface area contributed by atoms with Gasteiger partial charge in [-0.05, 0) is 78.8 Å². The van der Waals surface area contributed by atoms with Crippen molar-refractivity contribution in [1.82, 2.24) is 40.4 Å². The predicted octanol–water partition coefficient (Wildman–Crippen LogP) is 7.56. The van der Waals surface area contributed by atoms with Crippen LogP contribution < -0.4 is 10.6 Å². The molecule has 2 saturated heterocycles. The smallest absolute Gasteiger partial charge is 0.407 e. The van der Waals surface area contributed by atoms with E-state index in [0.29, 0.717) is 6.54 Å². The van der Waals surface area contributed by atoms with E-state index in [-0.39, 0.29) is 47.7 Å². The third-order valence-electron chi connectivity index (χ3n) is 11.3. The first-order valence-corrected chi connectivity index (χ1v) is 20.5. The molecule has 2 aliphatic heterocycles. The normalized spacial score (nSPS) is 20.7. The van der Waals surface area contributed by atoms with E-state index in [1.165, 1.54) is 14.2 Å². The Labute approximate surface area is 336 Å². The van der Waals surface area contributed by atoms with Crippen LogP contribution in [0.1, 0.15) is 84.5 Å². The number of imidazole rings is 2. The molecule has 15 heteroatoms. The van der Waals surface area contributed by atoms with Gasteiger partial charge in [0.25, 0.3) is 0 Å². The molecule has 14 nitrogen and oxygen atoms in total. The van der Waals surface area contributed by atoms with E-state index in [9.17, 15) is 19.2 Å². The Bertz CT molecular complexity index is 2250. The molecule has 2 fully saturated rings. The largest absolute Gasteiger partial charge is 0.453 e. The first kappa shape index (κ1) is 39.8. The Kier molecular flexibility index (Phi) is 11.3. The number of carbonyl (C=O) groups excluding carboxylic acids is 4. The number of thiophene rings is 1. The minimum absolute atomic E-state index is 0.00219. The minimum Gasteiger partial charge on any atom is -0.453 e. The lowest BCUT2D eigenvalue weighted by Gasteiger charge is -2.32. The first-order chi connectivity index (χ1) is 27.3. The van der Waals surface area contributed by atoms with E-state index >= 15 is 0 Å². The number of benzene rings is 2. The number of aromatic nitrogens is 4. The van der Waals surface area contributed by atoms with Gasteiger partial charge >= 0.3 is 12.2 Å². The fourth-order valence-corrected chi connectivity index (χ4v) is 9.24. The molecule has 5 heterocycles. The summed E-state index contributed by atoms with van der Waals surface area (Å²) in [5, 5.41) is 5.44. The van der Waals surface area contributed by atoms with E-state index in [1.54, 1.807) is 11.3 Å². The summed E-state index contributed by atoms with van der Waals surface area (Å²) in [5.74, 6) is 1.28. The van der Waals surface area contributed by atoms with Crippen molar-refractivity contribution in [2.45, 2.75) is 91.0 Å². The van der Waals surface area contributed by atoms with Crippen LogP contribution in [0.15, 0.2) is 48.5 Å². The topological polar surface area (TPSA) is 175 Å². The Morgan fingerprint density at radius 3 is 1.98 bits per heavy atom. The van der Waals surface area contributed by atoms with Gasteiger partial charge in [0.15, 0.2) is 0 Å². The molecule has 5 aromatic rings. The first-order valence-electron chi connectivity index (χ1n) is 19.7. The van der Waals surface area contributed by atoms with E-state index in [2.05, 4.69) is 70.0 Å². The van der Waals surface area contributed by atoms with E-state index in [1.807, 2.05) is 50.5 Å². The summed E-state index contributed by atoms with van der Waals surface area (Å²) < 4.78 is 9.58. The summed E-state index contributed by atoms with van der Waals surface area (Å²) in [4.78, 5) is 74.2. The number of fused-ring (bicyclic) bond motifs is 2. The van der Waals surface area contributed by atoms with Crippen molar-refractivity contribution < 1.29 is 28.7 Å². The maximum absolute atomic E-state index is 13.8. The lowest BCUT2D eigenvalue weighted by molar-refractivity contribution is -0.137. The number of alkyl carbamates (subject to hydrolysis) is 2. The number of amides is 4. The van der Waals surface area contributed by atoms with Crippen molar-refractivity contribution in [2.24, 2.45) is 17.8 Å². The van der Waals surface area contributed by atoms with Crippen LogP contribution in [0.2, 0.25) is 0 Å². The zero-order valence-corrected chi connectivity index (χ0v) is 34.5. The van der Waals surface area contributed by atoms with Gasteiger partial charge < -0.3 is 39.9 Å². The molecule has 0 spiro atoms. The van der Waals surface area contributed by atoms with Crippen molar-refractivity contribution in [3.63, 3.8) is 0 Å². The number of methoxy groups -OCH3 is 2. The average Bonchev–Trinajstić information content (AvgIpc) is 4.02. The third-order valence-corrected chi connectivity index (χ3v) is 12.4. The van der Waals surface area contributed by atoms with Crippen LogP contribution in [0, 0.1) is 17.8 Å². The SMILES string of the molecule is COC(=O)N[C@H](C(=O)N1C[C@@H](C)CC1c1nc2sc(-c3ccc(-c4ccc5nc([C@@H]6CC[C@H](C)N6C(=O)[C@@H](NC(=O)OC)C(C)C)[nH]c5c4)cc3)cc2[nH]1)C(C)C. The standard InChI is InChI=1S/C42H52N8O6S/c1-21(2)34(46-41(53)55-7)39(51)49-20-23(5)17-32(49)37-45-30-19-33(57-38(30)48-37)26-12-10-25(11-13-26)27-14-15-28-29(18-27)44-36(43-28)31-16-9-24(6)50(31)40(52)35(22(3)4)47-42(54)56-8/h10-15,18-19,21-24,31-32,34-35H,9,16-17,20H2,1-8H3,(H,43,44)(H,45,48)(H,46,53)(H,47,54)/t23-,24-,31-,32?,34-,35-/m0/s1. The lowest BCUT2D eigenvalue weighted by Crippen LogP contribution is -2.52. The summed E-state index contributed by atoms with van der Waals surface area (Å²) in [5.41, 5.74) is 5.80. The van der Waals surface area contributed by atoms with Crippen LogP contribution in [0.25, 0.3) is 42.9 Å². The van der Waals surface area contributed by atoms with Crippen LogP contribution in [0.4, 0.5) is 9.59 Å². The van der Waals surface area contributed by atoms with E-state index in [0.717, 1.165) is 73.9 Å². The van der Waals surface area contributed by atoms with Gasteiger partial charge in [-0.1, -0.05) is 65.0 Å². The highest BCUT2D eigenvalue weighted by molar-refractivity contribution is 7.21. The molecule has 302 valence electrons. The number of carbonyl (C=O) groups is 4. The molecule has 2 aromatic carbocycles. The quantitative estimate of drug-likeness (QED) is 0.112. The molecule has 0 bridgehead atoms. The van der Waals surface area contributed by atoms with Crippen LogP contribution in [-0.4, -0.2) is 92.6 Å². The Hall–Kier alpha value is -5.44. The summed E-state index contributed by atoms with van der Waals surface area (Å²) in [6.45, 7) is 12.4.